The normalized spacial score (nSPS) is 17.0. The minimum Gasteiger partial charge on any atom is -0.299 e. The van der Waals surface area contributed by atoms with E-state index in [-0.39, 0.29) is 28.9 Å². The van der Waals surface area contributed by atoms with Crippen molar-refractivity contribution >= 4 is 38.7 Å². The Balaban J connectivity index is 1.26. The van der Waals surface area contributed by atoms with Gasteiger partial charge in [0.15, 0.2) is 5.78 Å². The lowest BCUT2D eigenvalue weighted by atomic mass is 9.98. The van der Waals surface area contributed by atoms with E-state index in [1.54, 1.807) is 36.4 Å². The molecule has 204 valence electrons. The molecule has 38 heavy (non-hydrogen) atoms. The van der Waals surface area contributed by atoms with Gasteiger partial charge in [-0.3, -0.25) is 9.69 Å². The lowest BCUT2D eigenvalue weighted by molar-refractivity contribution is -0.137. The molecule has 0 aliphatic carbocycles. The van der Waals surface area contributed by atoms with Crippen LogP contribution in [0.25, 0.3) is 0 Å². The van der Waals surface area contributed by atoms with E-state index in [0.29, 0.717) is 30.1 Å². The standard InChI is InChI=1S/C27H28ClF3N2O3S2/c28-23-9-5-21(6-10-23)25(34)13-11-24-12-14-26(37-24)38(35,36)32-16-20-2-1-15-33(18-20)17-19-3-7-22(8-4-19)27(29,30)31/h3-10,12,14,20,32H,1-2,11,13,15-18H2. The summed E-state index contributed by atoms with van der Waals surface area (Å²) in [5.41, 5.74) is 0.692. The van der Waals surface area contributed by atoms with E-state index in [9.17, 15) is 26.4 Å². The maximum Gasteiger partial charge on any atom is 0.416 e. The van der Waals surface area contributed by atoms with Gasteiger partial charge in [0, 0.05) is 41.5 Å². The van der Waals surface area contributed by atoms with E-state index in [1.807, 2.05) is 0 Å². The van der Waals surface area contributed by atoms with Gasteiger partial charge in [-0.2, -0.15) is 13.2 Å². The maximum absolute atomic E-state index is 12.9. The first-order chi connectivity index (χ1) is 18.0. The number of ketones is 1. The zero-order valence-electron chi connectivity index (χ0n) is 20.5. The molecule has 4 rings (SSSR count). The third-order valence-corrected chi connectivity index (χ3v) is 9.83. The third-order valence-electron chi connectivity index (χ3n) is 6.52. The summed E-state index contributed by atoms with van der Waals surface area (Å²) < 4.78 is 67.1. The molecule has 1 saturated heterocycles. The minimum atomic E-state index is -4.36. The number of rotatable bonds is 10. The summed E-state index contributed by atoms with van der Waals surface area (Å²) in [7, 11) is -3.69. The van der Waals surface area contributed by atoms with E-state index in [2.05, 4.69) is 9.62 Å². The molecular weight excluding hydrogens is 557 g/mol. The van der Waals surface area contributed by atoms with Gasteiger partial charge in [0.1, 0.15) is 4.21 Å². The van der Waals surface area contributed by atoms with Gasteiger partial charge in [0.05, 0.1) is 5.56 Å². The Bertz CT molecular complexity index is 1340. The minimum absolute atomic E-state index is 0.0317. The number of hydrogen-bond donors (Lipinski definition) is 1. The van der Waals surface area contributed by atoms with Crippen LogP contribution in [-0.2, 0) is 29.2 Å². The largest absolute Gasteiger partial charge is 0.416 e. The number of halogens is 4. The molecule has 1 N–H and O–H groups in total. The fourth-order valence-electron chi connectivity index (χ4n) is 4.47. The second-order valence-corrected chi connectivity index (χ2v) is 13.0. The summed E-state index contributed by atoms with van der Waals surface area (Å²) >= 11 is 7.02. The van der Waals surface area contributed by atoms with Crippen LogP contribution >= 0.6 is 22.9 Å². The molecule has 1 aliphatic rings. The van der Waals surface area contributed by atoms with Gasteiger partial charge in [-0.1, -0.05) is 23.7 Å². The summed E-state index contributed by atoms with van der Waals surface area (Å²) in [6.45, 7) is 2.28. The topological polar surface area (TPSA) is 66.5 Å². The number of thiophene rings is 1. The molecule has 3 aromatic rings. The van der Waals surface area contributed by atoms with Crippen molar-refractivity contribution in [2.45, 2.75) is 42.6 Å². The van der Waals surface area contributed by atoms with Crippen LogP contribution in [0.2, 0.25) is 5.02 Å². The average molecular weight is 585 g/mol. The van der Waals surface area contributed by atoms with Crippen LogP contribution in [0.3, 0.4) is 0 Å². The Hall–Kier alpha value is -2.24. The third kappa shape index (κ3) is 7.89. The molecule has 0 saturated carbocycles. The number of benzene rings is 2. The Kier molecular flexibility index (Phi) is 9.31. The van der Waals surface area contributed by atoms with Crippen LogP contribution in [-0.4, -0.2) is 38.7 Å². The monoisotopic (exact) mass is 584 g/mol. The summed E-state index contributed by atoms with van der Waals surface area (Å²) in [5, 5.41) is 0.558. The van der Waals surface area contributed by atoms with E-state index in [4.69, 9.17) is 11.6 Å². The van der Waals surface area contributed by atoms with Crippen molar-refractivity contribution in [2.24, 2.45) is 5.92 Å². The van der Waals surface area contributed by atoms with Crippen LogP contribution < -0.4 is 4.72 Å². The molecule has 0 amide bonds. The lowest BCUT2D eigenvalue weighted by Crippen LogP contribution is -2.40. The number of hydrogen-bond acceptors (Lipinski definition) is 5. The highest BCUT2D eigenvalue weighted by molar-refractivity contribution is 7.91. The molecule has 1 unspecified atom stereocenters. The van der Waals surface area contributed by atoms with Crippen LogP contribution in [0.5, 0.6) is 0 Å². The molecule has 1 aromatic heterocycles. The van der Waals surface area contributed by atoms with Gasteiger partial charge in [0.2, 0.25) is 10.0 Å². The first kappa shape index (κ1) is 28.8. The number of nitrogens with zero attached hydrogens (tertiary/aromatic N) is 1. The van der Waals surface area contributed by atoms with Crippen LogP contribution in [0.1, 0.15) is 45.6 Å². The van der Waals surface area contributed by atoms with Crippen LogP contribution in [0.4, 0.5) is 13.2 Å². The Morgan fingerprint density at radius 1 is 1.05 bits per heavy atom. The molecule has 1 atom stereocenters. The number of aryl methyl sites for hydroxylation is 1. The Morgan fingerprint density at radius 2 is 1.76 bits per heavy atom. The number of Topliss-reactive ketones (excluding diaryl/α,β-unsaturated/α-hetero) is 1. The number of likely N-dealkylation sites (tertiary alicyclic amines) is 1. The molecule has 5 nitrogen and oxygen atoms in total. The van der Waals surface area contributed by atoms with Crippen molar-refractivity contribution in [3.63, 3.8) is 0 Å². The first-order valence-electron chi connectivity index (χ1n) is 12.3. The van der Waals surface area contributed by atoms with Crippen molar-refractivity contribution in [3.8, 4) is 0 Å². The Morgan fingerprint density at radius 3 is 2.45 bits per heavy atom. The first-order valence-corrected chi connectivity index (χ1v) is 14.9. The molecule has 1 fully saturated rings. The summed E-state index contributed by atoms with van der Waals surface area (Å²) in [6.07, 6.45) is -1.88. The Labute approximate surface area is 229 Å². The quantitative estimate of drug-likeness (QED) is 0.279. The van der Waals surface area contributed by atoms with Gasteiger partial charge in [-0.05, 0) is 85.8 Å². The summed E-state index contributed by atoms with van der Waals surface area (Å²) in [5.74, 6) is 0.0696. The number of carbonyl (C=O) groups excluding carboxylic acids is 1. The zero-order valence-corrected chi connectivity index (χ0v) is 22.9. The predicted octanol–water partition coefficient (Wildman–Crippen LogP) is 6.43. The number of carbonyl (C=O) groups is 1. The van der Waals surface area contributed by atoms with E-state index < -0.39 is 21.8 Å². The van der Waals surface area contributed by atoms with Crippen LogP contribution in [0, 0.1) is 5.92 Å². The molecule has 1 aliphatic heterocycles. The van der Waals surface area contributed by atoms with Crippen molar-refractivity contribution in [2.75, 3.05) is 19.6 Å². The molecule has 0 bridgehead atoms. The summed E-state index contributed by atoms with van der Waals surface area (Å²) in [6, 6.07) is 15.1. The highest BCUT2D eigenvalue weighted by atomic mass is 35.5. The van der Waals surface area contributed by atoms with Gasteiger partial charge in [-0.15, -0.1) is 11.3 Å². The number of nitrogens with one attached hydrogen (secondary N) is 1. The maximum atomic E-state index is 12.9. The van der Waals surface area contributed by atoms with Gasteiger partial charge >= 0.3 is 6.18 Å². The fourth-order valence-corrected chi connectivity index (χ4v) is 7.11. The number of alkyl halides is 3. The fraction of sp³-hybridized carbons (Fsp3) is 0.370. The average Bonchev–Trinajstić information content (AvgIpc) is 3.37. The molecule has 2 aromatic carbocycles. The zero-order chi connectivity index (χ0) is 27.3. The van der Waals surface area contributed by atoms with E-state index >= 15 is 0 Å². The van der Waals surface area contributed by atoms with Crippen molar-refractivity contribution in [1.29, 1.82) is 0 Å². The molecule has 11 heteroatoms. The molecule has 2 heterocycles. The highest BCUT2D eigenvalue weighted by Gasteiger charge is 2.30. The number of piperidine rings is 1. The van der Waals surface area contributed by atoms with Crippen molar-refractivity contribution < 1.29 is 26.4 Å². The van der Waals surface area contributed by atoms with Gasteiger partial charge in [0.25, 0.3) is 0 Å². The van der Waals surface area contributed by atoms with E-state index in [1.165, 1.54) is 12.1 Å². The van der Waals surface area contributed by atoms with Gasteiger partial charge < -0.3 is 0 Å². The molecule has 0 radical (unpaired) electrons. The second-order valence-electron chi connectivity index (χ2n) is 9.44. The van der Waals surface area contributed by atoms with Gasteiger partial charge in [-0.25, -0.2) is 13.1 Å². The lowest BCUT2D eigenvalue weighted by Gasteiger charge is -2.32. The van der Waals surface area contributed by atoms with Crippen molar-refractivity contribution in [3.05, 3.63) is 87.3 Å². The highest BCUT2D eigenvalue weighted by Crippen LogP contribution is 2.30. The smallest absolute Gasteiger partial charge is 0.299 e. The summed E-state index contributed by atoms with van der Waals surface area (Å²) in [4.78, 5) is 15.3. The molecular formula is C27H28ClF3N2O3S2. The molecule has 0 spiro atoms. The van der Waals surface area contributed by atoms with Crippen LogP contribution in [0.15, 0.2) is 64.9 Å². The van der Waals surface area contributed by atoms with E-state index in [0.717, 1.165) is 53.3 Å². The SMILES string of the molecule is O=C(CCc1ccc(S(=O)(=O)NCC2CCCN(Cc3ccc(C(F)(F)F)cc3)C2)s1)c1ccc(Cl)cc1. The second kappa shape index (κ2) is 12.3. The predicted molar refractivity (Wildman–Crippen MR) is 143 cm³/mol. The van der Waals surface area contributed by atoms with Crippen molar-refractivity contribution in [1.82, 2.24) is 9.62 Å². The number of sulfonamides is 1.